The van der Waals surface area contributed by atoms with E-state index < -0.39 is 16.2 Å². The van der Waals surface area contributed by atoms with Gasteiger partial charge >= 0.3 is 6.09 Å². The standard InChI is InChI=1S/C18H25NO5S/c1-3-7-17(24-25(2,21)22)16-10-12-19(13-11-16)18(20)23-14-15-8-5-4-6-9-15/h3-6,8-9,16-17H,1,7,10-14H2,2H3/t17-/m1/s1. The second-order valence-electron chi connectivity index (χ2n) is 6.23. The fourth-order valence-electron chi connectivity index (χ4n) is 2.96. The second-order valence-corrected chi connectivity index (χ2v) is 7.83. The topological polar surface area (TPSA) is 72.9 Å². The Labute approximate surface area is 149 Å². The molecule has 6 nitrogen and oxygen atoms in total. The lowest BCUT2D eigenvalue weighted by atomic mass is 9.90. The lowest BCUT2D eigenvalue weighted by Gasteiger charge is -2.34. The third kappa shape index (κ3) is 6.51. The number of nitrogens with zero attached hydrogens (tertiary/aromatic N) is 1. The Morgan fingerprint density at radius 2 is 1.96 bits per heavy atom. The molecular formula is C18H25NO5S. The zero-order valence-corrected chi connectivity index (χ0v) is 15.3. The minimum Gasteiger partial charge on any atom is -0.445 e. The summed E-state index contributed by atoms with van der Waals surface area (Å²) in [5, 5.41) is 0. The Morgan fingerprint density at radius 1 is 1.32 bits per heavy atom. The molecule has 0 saturated carbocycles. The SMILES string of the molecule is C=CC[C@@H](OS(C)(=O)=O)C1CCN(C(=O)OCc2ccccc2)CC1. The Balaban J connectivity index is 1.83. The van der Waals surface area contributed by atoms with Gasteiger partial charge < -0.3 is 9.64 Å². The number of ether oxygens (including phenoxy) is 1. The molecule has 1 atom stereocenters. The quantitative estimate of drug-likeness (QED) is 0.547. The number of likely N-dealkylation sites (tertiary alicyclic amines) is 1. The number of hydrogen-bond acceptors (Lipinski definition) is 5. The zero-order valence-electron chi connectivity index (χ0n) is 14.5. The van der Waals surface area contributed by atoms with Crippen LogP contribution in [0.4, 0.5) is 4.79 Å². The number of carbonyl (C=O) groups excluding carboxylic acids is 1. The molecule has 1 aliphatic heterocycles. The first-order chi connectivity index (χ1) is 11.9. The smallest absolute Gasteiger partial charge is 0.410 e. The van der Waals surface area contributed by atoms with Crippen molar-refractivity contribution in [3.63, 3.8) is 0 Å². The number of amides is 1. The zero-order chi connectivity index (χ0) is 18.3. The van der Waals surface area contributed by atoms with E-state index in [0.29, 0.717) is 32.4 Å². The molecule has 1 aromatic carbocycles. The fraction of sp³-hybridized carbons (Fsp3) is 0.500. The number of piperidine rings is 1. The van der Waals surface area contributed by atoms with Gasteiger partial charge in [-0.25, -0.2) is 4.79 Å². The molecule has 1 aliphatic rings. The van der Waals surface area contributed by atoms with E-state index in [1.807, 2.05) is 30.3 Å². The van der Waals surface area contributed by atoms with Gasteiger partial charge in [-0.2, -0.15) is 8.42 Å². The Morgan fingerprint density at radius 3 is 2.52 bits per heavy atom. The number of benzene rings is 1. The molecule has 1 aromatic rings. The molecule has 0 radical (unpaired) electrons. The lowest BCUT2D eigenvalue weighted by Crippen LogP contribution is -2.42. The van der Waals surface area contributed by atoms with Gasteiger partial charge in [0.25, 0.3) is 10.1 Å². The van der Waals surface area contributed by atoms with E-state index in [2.05, 4.69) is 6.58 Å². The molecular weight excluding hydrogens is 342 g/mol. The average molecular weight is 367 g/mol. The van der Waals surface area contributed by atoms with Crippen LogP contribution < -0.4 is 0 Å². The van der Waals surface area contributed by atoms with E-state index >= 15 is 0 Å². The van der Waals surface area contributed by atoms with E-state index in [-0.39, 0.29) is 18.6 Å². The van der Waals surface area contributed by atoms with Gasteiger partial charge in [0.1, 0.15) is 6.61 Å². The van der Waals surface area contributed by atoms with Gasteiger partial charge in [-0.15, -0.1) is 6.58 Å². The largest absolute Gasteiger partial charge is 0.445 e. The number of carbonyl (C=O) groups is 1. The van der Waals surface area contributed by atoms with Crippen molar-refractivity contribution in [2.24, 2.45) is 5.92 Å². The molecule has 1 saturated heterocycles. The van der Waals surface area contributed by atoms with Gasteiger partial charge in [-0.05, 0) is 30.7 Å². The van der Waals surface area contributed by atoms with Crippen LogP contribution in [0.2, 0.25) is 0 Å². The minimum absolute atomic E-state index is 0.0749. The van der Waals surface area contributed by atoms with E-state index in [4.69, 9.17) is 8.92 Å². The molecule has 0 N–H and O–H groups in total. The molecule has 25 heavy (non-hydrogen) atoms. The molecule has 138 valence electrons. The predicted octanol–water partition coefficient (Wildman–Crippen LogP) is 2.96. The summed E-state index contributed by atoms with van der Waals surface area (Å²) >= 11 is 0. The molecule has 0 aromatic heterocycles. The third-order valence-corrected chi connectivity index (χ3v) is 4.82. The highest BCUT2D eigenvalue weighted by Gasteiger charge is 2.31. The minimum atomic E-state index is -3.52. The predicted molar refractivity (Wildman–Crippen MR) is 95.5 cm³/mol. The fourth-order valence-corrected chi connectivity index (χ4v) is 3.65. The molecule has 0 unspecified atom stereocenters. The number of hydrogen-bond donors (Lipinski definition) is 0. The molecule has 2 rings (SSSR count). The first-order valence-electron chi connectivity index (χ1n) is 8.34. The maximum absolute atomic E-state index is 12.2. The van der Waals surface area contributed by atoms with Gasteiger partial charge in [0.2, 0.25) is 0 Å². The van der Waals surface area contributed by atoms with Crippen molar-refractivity contribution in [2.45, 2.75) is 32.0 Å². The van der Waals surface area contributed by atoms with Crippen molar-refractivity contribution < 1.29 is 22.1 Å². The van der Waals surface area contributed by atoms with Crippen LogP contribution in [0.25, 0.3) is 0 Å². The van der Waals surface area contributed by atoms with Crippen LogP contribution in [0.5, 0.6) is 0 Å². The van der Waals surface area contributed by atoms with Gasteiger partial charge in [-0.1, -0.05) is 36.4 Å². The molecule has 7 heteroatoms. The van der Waals surface area contributed by atoms with E-state index in [1.54, 1.807) is 11.0 Å². The Bertz CT molecular complexity index is 666. The van der Waals surface area contributed by atoms with Crippen molar-refractivity contribution in [3.8, 4) is 0 Å². The summed E-state index contributed by atoms with van der Waals surface area (Å²) in [6.07, 6.45) is 3.77. The molecule has 0 spiro atoms. The summed E-state index contributed by atoms with van der Waals surface area (Å²) in [6.45, 7) is 4.96. The summed E-state index contributed by atoms with van der Waals surface area (Å²) in [6, 6.07) is 9.52. The van der Waals surface area contributed by atoms with Gasteiger partial charge in [-0.3, -0.25) is 4.18 Å². The van der Waals surface area contributed by atoms with Crippen molar-refractivity contribution in [1.82, 2.24) is 4.90 Å². The van der Waals surface area contributed by atoms with Gasteiger partial charge in [0, 0.05) is 13.1 Å². The maximum Gasteiger partial charge on any atom is 0.410 e. The van der Waals surface area contributed by atoms with Gasteiger partial charge in [0.15, 0.2) is 0 Å². The first kappa shape index (κ1) is 19.5. The molecule has 1 fully saturated rings. The summed E-state index contributed by atoms with van der Waals surface area (Å²) in [4.78, 5) is 13.8. The Hall–Kier alpha value is -1.86. The molecule has 0 bridgehead atoms. The molecule has 1 amide bonds. The van der Waals surface area contributed by atoms with Crippen molar-refractivity contribution in [3.05, 3.63) is 48.6 Å². The van der Waals surface area contributed by atoms with Crippen LogP contribution in [-0.4, -0.2) is 44.9 Å². The van der Waals surface area contributed by atoms with E-state index in [9.17, 15) is 13.2 Å². The van der Waals surface area contributed by atoms with Crippen LogP contribution in [0.1, 0.15) is 24.8 Å². The highest BCUT2D eigenvalue weighted by molar-refractivity contribution is 7.86. The molecule has 0 aliphatic carbocycles. The van der Waals surface area contributed by atoms with Crippen molar-refractivity contribution in [1.29, 1.82) is 0 Å². The summed E-state index contributed by atoms with van der Waals surface area (Å²) < 4.78 is 33.3. The second kappa shape index (κ2) is 9.01. The normalized spacial score (nSPS) is 17.1. The third-order valence-electron chi connectivity index (χ3n) is 4.23. The lowest BCUT2D eigenvalue weighted by molar-refractivity contribution is 0.0583. The number of rotatable bonds is 7. The van der Waals surface area contributed by atoms with Crippen LogP contribution >= 0.6 is 0 Å². The van der Waals surface area contributed by atoms with Crippen molar-refractivity contribution >= 4 is 16.2 Å². The summed E-state index contributed by atoms with van der Waals surface area (Å²) in [5.74, 6) is 0.0749. The van der Waals surface area contributed by atoms with Crippen LogP contribution in [0, 0.1) is 5.92 Å². The monoisotopic (exact) mass is 367 g/mol. The van der Waals surface area contributed by atoms with Crippen LogP contribution in [0.15, 0.2) is 43.0 Å². The highest BCUT2D eigenvalue weighted by atomic mass is 32.2. The first-order valence-corrected chi connectivity index (χ1v) is 10.2. The van der Waals surface area contributed by atoms with Crippen molar-refractivity contribution in [2.75, 3.05) is 19.3 Å². The van der Waals surface area contributed by atoms with Crippen LogP contribution in [-0.2, 0) is 25.6 Å². The van der Waals surface area contributed by atoms with E-state index in [0.717, 1.165) is 11.8 Å². The van der Waals surface area contributed by atoms with Gasteiger partial charge in [0.05, 0.1) is 12.4 Å². The van der Waals surface area contributed by atoms with Crippen LogP contribution in [0.3, 0.4) is 0 Å². The maximum atomic E-state index is 12.2. The molecule has 1 heterocycles. The Kier molecular flexibility index (Phi) is 7.01. The average Bonchev–Trinajstić information content (AvgIpc) is 2.59. The highest BCUT2D eigenvalue weighted by Crippen LogP contribution is 2.26. The van der Waals surface area contributed by atoms with E-state index in [1.165, 1.54) is 0 Å². The summed E-state index contributed by atoms with van der Waals surface area (Å²) in [5.41, 5.74) is 0.943. The summed E-state index contributed by atoms with van der Waals surface area (Å²) in [7, 11) is -3.52.